The summed E-state index contributed by atoms with van der Waals surface area (Å²) in [7, 11) is -3.35. The Labute approximate surface area is 179 Å². The predicted molar refractivity (Wildman–Crippen MR) is 116 cm³/mol. The minimum Gasteiger partial charge on any atom is -0.423 e. The summed E-state index contributed by atoms with van der Waals surface area (Å²) in [6.45, 7) is 2.11. The van der Waals surface area contributed by atoms with E-state index < -0.39 is 9.84 Å². The van der Waals surface area contributed by atoms with Crippen LogP contribution in [0.1, 0.15) is 23.2 Å². The summed E-state index contributed by atoms with van der Waals surface area (Å²) in [6.07, 6.45) is 2.91. The Hall–Kier alpha value is -2.58. The Balaban J connectivity index is 1.32. The van der Waals surface area contributed by atoms with Crippen molar-refractivity contribution in [2.24, 2.45) is 5.92 Å². The molecule has 0 saturated carbocycles. The van der Waals surface area contributed by atoms with Gasteiger partial charge in [0.15, 0.2) is 15.4 Å². The Morgan fingerprint density at radius 3 is 2.73 bits per heavy atom. The van der Waals surface area contributed by atoms with E-state index in [1.165, 1.54) is 12.1 Å². The van der Waals surface area contributed by atoms with Crippen LogP contribution < -0.4 is 10.2 Å². The fourth-order valence-corrected chi connectivity index (χ4v) is 4.39. The van der Waals surface area contributed by atoms with E-state index in [9.17, 15) is 13.2 Å². The Kier molecular flexibility index (Phi) is 5.71. The fraction of sp³-hybridized carbons (Fsp3) is 0.333. The molecule has 1 amide bonds. The van der Waals surface area contributed by atoms with E-state index in [-0.39, 0.29) is 10.8 Å². The Morgan fingerprint density at radius 1 is 1.23 bits per heavy atom. The first kappa shape index (κ1) is 20.7. The summed E-state index contributed by atoms with van der Waals surface area (Å²) in [5.41, 5.74) is 1.80. The van der Waals surface area contributed by atoms with E-state index in [0.717, 1.165) is 37.7 Å². The third-order valence-electron chi connectivity index (χ3n) is 5.30. The molecule has 1 aliphatic heterocycles. The van der Waals surface area contributed by atoms with Crippen molar-refractivity contribution >= 4 is 44.5 Å². The van der Waals surface area contributed by atoms with Crippen LogP contribution in [0.4, 0.5) is 6.01 Å². The number of nitrogens with zero attached hydrogens (tertiary/aromatic N) is 2. The normalized spacial score (nSPS) is 15.5. The van der Waals surface area contributed by atoms with Gasteiger partial charge in [-0.25, -0.2) is 8.42 Å². The molecule has 4 rings (SSSR count). The number of nitrogens with one attached hydrogen (secondary N) is 1. The molecule has 1 fully saturated rings. The molecule has 1 saturated heterocycles. The van der Waals surface area contributed by atoms with Gasteiger partial charge < -0.3 is 14.6 Å². The van der Waals surface area contributed by atoms with E-state index in [0.29, 0.717) is 34.6 Å². The average Bonchev–Trinajstić information content (AvgIpc) is 3.15. The molecule has 7 nitrogen and oxygen atoms in total. The molecule has 2 heterocycles. The topological polar surface area (TPSA) is 92.5 Å². The van der Waals surface area contributed by atoms with Gasteiger partial charge in [0, 0.05) is 36.5 Å². The average molecular weight is 448 g/mol. The first-order chi connectivity index (χ1) is 14.3. The molecular weight excluding hydrogens is 426 g/mol. The van der Waals surface area contributed by atoms with Crippen LogP contribution in [-0.4, -0.2) is 45.2 Å². The van der Waals surface area contributed by atoms with Gasteiger partial charge in [-0.2, -0.15) is 4.98 Å². The molecule has 1 aromatic heterocycles. The summed E-state index contributed by atoms with van der Waals surface area (Å²) < 4.78 is 29.2. The van der Waals surface area contributed by atoms with Crippen LogP contribution in [0.15, 0.2) is 51.8 Å². The van der Waals surface area contributed by atoms with E-state index in [1.54, 1.807) is 24.3 Å². The van der Waals surface area contributed by atoms with Crippen molar-refractivity contribution in [1.82, 2.24) is 10.3 Å². The van der Waals surface area contributed by atoms with E-state index in [2.05, 4.69) is 15.2 Å². The number of anilines is 1. The van der Waals surface area contributed by atoms with Crippen molar-refractivity contribution in [3.05, 3.63) is 53.1 Å². The molecule has 1 aliphatic rings. The number of piperidine rings is 1. The number of halogens is 1. The molecule has 3 aromatic rings. The van der Waals surface area contributed by atoms with E-state index in [4.69, 9.17) is 16.0 Å². The zero-order valence-corrected chi connectivity index (χ0v) is 18.0. The maximum atomic E-state index is 12.4. The summed E-state index contributed by atoms with van der Waals surface area (Å²) in [5, 5.41) is 3.55. The minimum atomic E-state index is -3.35. The van der Waals surface area contributed by atoms with Crippen molar-refractivity contribution in [2.45, 2.75) is 17.7 Å². The summed E-state index contributed by atoms with van der Waals surface area (Å²) >= 11 is 6.01. The molecule has 0 bridgehead atoms. The predicted octanol–water partition coefficient (Wildman–Crippen LogP) is 3.53. The zero-order valence-electron chi connectivity index (χ0n) is 16.5. The third kappa shape index (κ3) is 4.60. The highest BCUT2D eigenvalue weighted by Gasteiger charge is 2.23. The van der Waals surface area contributed by atoms with Crippen molar-refractivity contribution in [3.63, 3.8) is 0 Å². The van der Waals surface area contributed by atoms with E-state index in [1.807, 2.05) is 6.07 Å². The van der Waals surface area contributed by atoms with Crippen LogP contribution in [0, 0.1) is 5.92 Å². The number of amides is 1. The molecule has 158 valence electrons. The second-order valence-corrected chi connectivity index (χ2v) is 10.0. The first-order valence-corrected chi connectivity index (χ1v) is 12.0. The lowest BCUT2D eigenvalue weighted by atomic mass is 9.97. The molecule has 0 radical (unpaired) electrons. The van der Waals surface area contributed by atoms with Gasteiger partial charge in [0.2, 0.25) is 0 Å². The largest absolute Gasteiger partial charge is 0.423 e. The molecular formula is C21H22ClN3O4S. The van der Waals surface area contributed by atoms with Gasteiger partial charge in [-0.1, -0.05) is 17.7 Å². The Bertz CT molecular complexity index is 1180. The lowest BCUT2D eigenvalue weighted by Gasteiger charge is -2.30. The van der Waals surface area contributed by atoms with Crippen LogP contribution in [0.25, 0.3) is 11.1 Å². The van der Waals surface area contributed by atoms with Crippen molar-refractivity contribution in [1.29, 1.82) is 0 Å². The molecule has 9 heteroatoms. The van der Waals surface area contributed by atoms with Gasteiger partial charge in [0.25, 0.3) is 11.9 Å². The van der Waals surface area contributed by atoms with Gasteiger partial charge >= 0.3 is 0 Å². The number of fused-ring (bicyclic) bond motifs is 1. The first-order valence-electron chi connectivity index (χ1n) is 9.69. The number of oxazole rings is 1. The summed E-state index contributed by atoms with van der Waals surface area (Å²) in [6, 6.07) is 12.1. The van der Waals surface area contributed by atoms with Crippen LogP contribution in [0.3, 0.4) is 0 Å². The number of sulfone groups is 1. The second-order valence-electron chi connectivity index (χ2n) is 7.55. The van der Waals surface area contributed by atoms with Crippen LogP contribution in [0.5, 0.6) is 0 Å². The van der Waals surface area contributed by atoms with Gasteiger partial charge in [-0.15, -0.1) is 0 Å². The van der Waals surface area contributed by atoms with Gasteiger partial charge in [-0.3, -0.25) is 4.79 Å². The fourth-order valence-electron chi connectivity index (χ4n) is 3.56. The van der Waals surface area contributed by atoms with E-state index >= 15 is 0 Å². The molecule has 1 N–H and O–H groups in total. The van der Waals surface area contributed by atoms with Crippen molar-refractivity contribution in [3.8, 4) is 0 Å². The molecule has 2 aromatic carbocycles. The number of benzene rings is 2. The maximum Gasteiger partial charge on any atom is 0.298 e. The molecule has 30 heavy (non-hydrogen) atoms. The quantitative estimate of drug-likeness (QED) is 0.643. The van der Waals surface area contributed by atoms with Crippen molar-refractivity contribution < 1.29 is 17.6 Å². The monoisotopic (exact) mass is 447 g/mol. The smallest absolute Gasteiger partial charge is 0.298 e. The molecule has 0 spiro atoms. The van der Waals surface area contributed by atoms with Gasteiger partial charge in [-0.05, 0) is 55.2 Å². The lowest BCUT2D eigenvalue weighted by Crippen LogP contribution is -2.38. The standard InChI is InChI=1S/C21H22ClN3O4S/c1-30(27,28)17-4-2-3-15(11-17)20(26)23-13-14-7-9-25(10-8-14)21-24-18-12-16(22)5-6-19(18)29-21/h2-6,11-12,14H,7-10,13H2,1H3,(H,23,26). The van der Waals surface area contributed by atoms with Gasteiger partial charge in [0.05, 0.1) is 4.90 Å². The maximum absolute atomic E-state index is 12.4. The molecule has 0 unspecified atom stereocenters. The van der Waals surface area contributed by atoms with Crippen LogP contribution in [0.2, 0.25) is 5.02 Å². The Morgan fingerprint density at radius 2 is 2.00 bits per heavy atom. The highest BCUT2D eigenvalue weighted by molar-refractivity contribution is 7.90. The number of carbonyl (C=O) groups excluding carboxylic acids is 1. The van der Waals surface area contributed by atoms with Crippen LogP contribution >= 0.6 is 11.6 Å². The number of carbonyl (C=O) groups is 1. The zero-order chi connectivity index (χ0) is 21.3. The molecule has 0 aliphatic carbocycles. The SMILES string of the molecule is CS(=O)(=O)c1cccc(C(=O)NCC2CCN(c3nc4cc(Cl)ccc4o3)CC2)c1. The number of hydrogen-bond donors (Lipinski definition) is 1. The van der Waals surface area contributed by atoms with Crippen molar-refractivity contribution in [2.75, 3.05) is 30.8 Å². The highest BCUT2D eigenvalue weighted by Crippen LogP contribution is 2.27. The van der Waals surface area contributed by atoms with Gasteiger partial charge in [0.1, 0.15) is 5.52 Å². The van der Waals surface area contributed by atoms with Crippen LogP contribution in [-0.2, 0) is 9.84 Å². The summed E-state index contributed by atoms with van der Waals surface area (Å²) in [4.78, 5) is 19.2. The third-order valence-corrected chi connectivity index (χ3v) is 6.64. The number of aromatic nitrogens is 1. The molecule has 0 atom stereocenters. The number of hydrogen-bond acceptors (Lipinski definition) is 6. The number of rotatable bonds is 5. The highest BCUT2D eigenvalue weighted by atomic mass is 35.5. The second kappa shape index (κ2) is 8.28. The lowest BCUT2D eigenvalue weighted by molar-refractivity contribution is 0.0944. The summed E-state index contributed by atoms with van der Waals surface area (Å²) in [5.74, 6) is 0.0703. The minimum absolute atomic E-state index is 0.142.